The van der Waals surface area contributed by atoms with Gasteiger partial charge in [0.1, 0.15) is 5.75 Å². The van der Waals surface area contributed by atoms with E-state index in [1.165, 1.54) is 23.8 Å². The molecule has 3 aromatic rings. The van der Waals surface area contributed by atoms with Crippen molar-refractivity contribution in [3.8, 4) is 17.2 Å². The number of amides is 2. The molecule has 0 atom stereocenters. The van der Waals surface area contributed by atoms with Crippen LogP contribution < -0.4 is 24.4 Å². The first-order valence-electron chi connectivity index (χ1n) is 11.5. The van der Waals surface area contributed by atoms with Gasteiger partial charge in [-0.15, -0.1) is 0 Å². The van der Waals surface area contributed by atoms with E-state index in [0.29, 0.717) is 37.8 Å². The van der Waals surface area contributed by atoms with E-state index in [2.05, 4.69) is 21.2 Å². The van der Waals surface area contributed by atoms with Gasteiger partial charge in [0.15, 0.2) is 22.4 Å². The van der Waals surface area contributed by atoms with Gasteiger partial charge in [-0.3, -0.25) is 14.5 Å². The summed E-state index contributed by atoms with van der Waals surface area (Å²) in [5.41, 5.74) is 4.27. The summed E-state index contributed by atoms with van der Waals surface area (Å²) in [6, 6.07) is 16.2. The molecule has 0 spiro atoms. The molecule has 0 bridgehead atoms. The van der Waals surface area contributed by atoms with Crippen LogP contribution in [-0.4, -0.2) is 37.0 Å². The predicted molar refractivity (Wildman–Crippen MR) is 159 cm³/mol. The lowest BCUT2D eigenvalue weighted by Crippen LogP contribution is -2.27. The molecule has 0 radical (unpaired) electrons. The highest BCUT2D eigenvalue weighted by atomic mass is 79.9. The maximum absolute atomic E-state index is 13.1. The van der Waals surface area contributed by atoms with Gasteiger partial charge in [0, 0.05) is 4.47 Å². The van der Waals surface area contributed by atoms with E-state index in [0.717, 1.165) is 21.2 Å². The Balaban J connectivity index is 1.45. The van der Waals surface area contributed by atoms with Crippen LogP contribution in [0.2, 0.25) is 0 Å². The largest absolute Gasteiger partial charge is 0.497 e. The number of ether oxygens (including phenoxy) is 3. The standard InChI is InChI=1S/C28H25BrN2O5S2/c1-16-11-21(29)22(12-17(16)2)30-26(32)15-36-23-10-5-18(13-24(23)35-4)14-25-27(33)31(28(37)38-25)19-6-8-20(34-3)9-7-19/h5-14H,15H2,1-4H3,(H,30,32)/b25-14-. The highest BCUT2D eigenvalue weighted by Gasteiger charge is 2.33. The van der Waals surface area contributed by atoms with Crippen LogP contribution in [0.4, 0.5) is 11.4 Å². The van der Waals surface area contributed by atoms with E-state index in [1.54, 1.807) is 55.7 Å². The van der Waals surface area contributed by atoms with E-state index in [9.17, 15) is 9.59 Å². The quantitative estimate of drug-likeness (QED) is 0.230. The molecule has 7 nitrogen and oxygen atoms in total. The fourth-order valence-electron chi connectivity index (χ4n) is 3.67. The number of thiocarbonyl (C=S) groups is 1. The zero-order chi connectivity index (χ0) is 27.4. The van der Waals surface area contributed by atoms with Gasteiger partial charge < -0.3 is 19.5 Å². The normalized spacial score (nSPS) is 14.1. The first-order chi connectivity index (χ1) is 18.2. The Morgan fingerprint density at radius 2 is 1.74 bits per heavy atom. The van der Waals surface area contributed by atoms with Crippen molar-refractivity contribution in [1.82, 2.24) is 0 Å². The van der Waals surface area contributed by atoms with Gasteiger partial charge in [-0.25, -0.2) is 0 Å². The Morgan fingerprint density at radius 3 is 2.42 bits per heavy atom. The number of hydrogen-bond acceptors (Lipinski definition) is 7. The number of nitrogens with one attached hydrogen (secondary N) is 1. The predicted octanol–water partition coefficient (Wildman–Crippen LogP) is 6.51. The number of benzene rings is 3. The SMILES string of the molecule is COc1ccc(N2C(=O)/C(=C/c3ccc(OCC(=O)Nc4cc(C)c(C)cc4Br)c(OC)c3)SC2=S)cc1. The fraction of sp³-hybridized carbons (Fsp3) is 0.179. The molecule has 196 valence electrons. The lowest BCUT2D eigenvalue weighted by molar-refractivity contribution is -0.118. The molecule has 1 heterocycles. The number of hydrogen-bond donors (Lipinski definition) is 1. The second kappa shape index (κ2) is 12.0. The monoisotopic (exact) mass is 612 g/mol. The number of halogens is 1. The average molecular weight is 614 g/mol. The number of aryl methyl sites for hydroxylation is 2. The molecule has 1 fully saturated rings. The van der Waals surface area contributed by atoms with Crippen molar-refractivity contribution in [1.29, 1.82) is 0 Å². The summed E-state index contributed by atoms with van der Waals surface area (Å²) in [5.74, 6) is 1.02. The van der Waals surface area contributed by atoms with Crippen LogP contribution in [0.3, 0.4) is 0 Å². The molecule has 1 saturated heterocycles. The smallest absolute Gasteiger partial charge is 0.270 e. The van der Waals surface area contributed by atoms with Crippen molar-refractivity contribution in [2.75, 3.05) is 31.0 Å². The Bertz CT molecular complexity index is 1440. The fourth-order valence-corrected chi connectivity index (χ4v) is 5.53. The van der Waals surface area contributed by atoms with Crippen LogP contribution in [0.5, 0.6) is 17.2 Å². The summed E-state index contributed by atoms with van der Waals surface area (Å²) >= 11 is 10.2. The van der Waals surface area contributed by atoms with Gasteiger partial charge in [0.2, 0.25) is 0 Å². The summed E-state index contributed by atoms with van der Waals surface area (Å²) in [4.78, 5) is 27.6. The van der Waals surface area contributed by atoms with Crippen molar-refractivity contribution in [2.45, 2.75) is 13.8 Å². The van der Waals surface area contributed by atoms with E-state index < -0.39 is 0 Å². The minimum absolute atomic E-state index is 0.199. The zero-order valence-electron chi connectivity index (χ0n) is 21.2. The number of rotatable bonds is 8. The highest BCUT2D eigenvalue weighted by Crippen LogP contribution is 2.37. The maximum atomic E-state index is 13.1. The number of carbonyl (C=O) groups is 2. The third kappa shape index (κ3) is 6.20. The minimum atomic E-state index is -0.303. The number of thioether (sulfide) groups is 1. The Kier molecular flexibility index (Phi) is 8.76. The molecule has 1 aliphatic heterocycles. The molecule has 0 unspecified atom stereocenters. The molecular formula is C28H25BrN2O5S2. The van der Waals surface area contributed by atoms with E-state index >= 15 is 0 Å². The molecular weight excluding hydrogens is 588 g/mol. The minimum Gasteiger partial charge on any atom is -0.497 e. The van der Waals surface area contributed by atoms with Crippen molar-refractivity contribution in [3.05, 3.63) is 80.7 Å². The van der Waals surface area contributed by atoms with Crippen molar-refractivity contribution in [2.24, 2.45) is 0 Å². The van der Waals surface area contributed by atoms with Crippen LogP contribution in [0.15, 0.2) is 64.0 Å². The Hall–Kier alpha value is -3.34. The maximum Gasteiger partial charge on any atom is 0.270 e. The van der Waals surface area contributed by atoms with Gasteiger partial charge in [-0.1, -0.05) is 30.0 Å². The van der Waals surface area contributed by atoms with Crippen LogP contribution in [0.1, 0.15) is 16.7 Å². The van der Waals surface area contributed by atoms with Crippen molar-refractivity contribution in [3.63, 3.8) is 0 Å². The summed E-state index contributed by atoms with van der Waals surface area (Å²) in [5, 5.41) is 2.85. The van der Waals surface area contributed by atoms with Crippen LogP contribution in [0.25, 0.3) is 6.08 Å². The first kappa shape index (κ1) is 27.7. The van der Waals surface area contributed by atoms with Gasteiger partial charge in [-0.2, -0.15) is 0 Å². The van der Waals surface area contributed by atoms with Crippen LogP contribution >= 0.6 is 39.9 Å². The summed E-state index contributed by atoms with van der Waals surface area (Å²) in [7, 11) is 3.10. The summed E-state index contributed by atoms with van der Waals surface area (Å²) in [6.45, 7) is 3.79. The molecule has 38 heavy (non-hydrogen) atoms. The van der Waals surface area contributed by atoms with Crippen molar-refractivity contribution >= 4 is 73.5 Å². The van der Waals surface area contributed by atoms with E-state index in [4.69, 9.17) is 26.4 Å². The Labute approximate surface area is 239 Å². The van der Waals surface area contributed by atoms with Gasteiger partial charge in [0.05, 0.1) is 30.5 Å². The lowest BCUT2D eigenvalue weighted by atomic mass is 10.1. The van der Waals surface area contributed by atoms with Crippen LogP contribution in [-0.2, 0) is 9.59 Å². The molecule has 1 N–H and O–H groups in total. The van der Waals surface area contributed by atoms with Gasteiger partial charge in [-0.05, 0) is 101 Å². The molecule has 3 aromatic carbocycles. The molecule has 0 aliphatic carbocycles. The van der Waals surface area contributed by atoms with Crippen LogP contribution in [0, 0.1) is 13.8 Å². The van der Waals surface area contributed by atoms with Gasteiger partial charge >= 0.3 is 0 Å². The highest BCUT2D eigenvalue weighted by molar-refractivity contribution is 9.10. The van der Waals surface area contributed by atoms with E-state index in [-0.39, 0.29) is 18.4 Å². The third-order valence-electron chi connectivity index (χ3n) is 5.83. The molecule has 2 amide bonds. The topological polar surface area (TPSA) is 77.1 Å². The Morgan fingerprint density at radius 1 is 1.03 bits per heavy atom. The third-order valence-corrected chi connectivity index (χ3v) is 7.78. The number of nitrogens with zero attached hydrogens (tertiary/aromatic N) is 1. The molecule has 1 aliphatic rings. The molecule has 0 aromatic heterocycles. The number of carbonyl (C=O) groups excluding carboxylic acids is 2. The average Bonchev–Trinajstić information content (AvgIpc) is 3.18. The summed E-state index contributed by atoms with van der Waals surface area (Å²) < 4.78 is 17.6. The van der Waals surface area contributed by atoms with Crippen molar-refractivity contribution < 1.29 is 23.8 Å². The van der Waals surface area contributed by atoms with Gasteiger partial charge in [0.25, 0.3) is 11.8 Å². The lowest BCUT2D eigenvalue weighted by Gasteiger charge is -2.14. The molecule has 0 saturated carbocycles. The second-order valence-electron chi connectivity index (χ2n) is 8.38. The first-order valence-corrected chi connectivity index (χ1v) is 13.5. The number of anilines is 2. The number of methoxy groups -OCH3 is 2. The summed E-state index contributed by atoms with van der Waals surface area (Å²) in [6.07, 6.45) is 1.75. The molecule has 10 heteroatoms. The zero-order valence-corrected chi connectivity index (χ0v) is 24.4. The second-order valence-corrected chi connectivity index (χ2v) is 10.9. The molecule has 4 rings (SSSR count). The van der Waals surface area contributed by atoms with E-state index in [1.807, 2.05) is 26.0 Å².